The van der Waals surface area contributed by atoms with Gasteiger partial charge in [-0.2, -0.15) is 0 Å². The Hall–Kier alpha value is -1.10. The Morgan fingerprint density at radius 2 is 2.08 bits per heavy atom. The molecule has 13 heavy (non-hydrogen) atoms. The van der Waals surface area contributed by atoms with Crippen molar-refractivity contribution in [1.82, 2.24) is 5.32 Å². The Bertz CT molecular complexity index is 152. The molecular formula is C8H15NO4. The summed E-state index contributed by atoms with van der Waals surface area (Å²) in [5.41, 5.74) is 0. The van der Waals surface area contributed by atoms with Crippen LogP contribution in [-0.4, -0.2) is 25.9 Å². The molecule has 0 aliphatic carbocycles. The van der Waals surface area contributed by atoms with E-state index < -0.39 is 12.1 Å². The highest BCUT2D eigenvalue weighted by atomic mass is 16.6. The smallest absolute Gasteiger partial charge is 0.376 e. The van der Waals surface area contributed by atoms with Gasteiger partial charge in [0.25, 0.3) is 0 Å². The molecule has 0 aromatic rings. The van der Waals surface area contributed by atoms with E-state index in [1.807, 2.05) is 6.92 Å². The lowest BCUT2D eigenvalue weighted by molar-refractivity contribution is -0.137. The van der Waals surface area contributed by atoms with Crippen LogP contribution >= 0.6 is 0 Å². The van der Waals surface area contributed by atoms with Crippen LogP contribution in [0.1, 0.15) is 26.2 Å². The second-order valence-corrected chi connectivity index (χ2v) is 2.47. The first kappa shape index (κ1) is 11.9. The standard InChI is InChI=1S/C8H15NO4/c1-3-4-5-7(10)13-8(11)9-6-12-2/h3-6H2,1-2H3,(H,9,11). The molecule has 0 atom stereocenters. The predicted octanol–water partition coefficient (Wildman–Crippen LogP) is 1.03. The van der Waals surface area contributed by atoms with Gasteiger partial charge in [-0.1, -0.05) is 13.3 Å². The second kappa shape index (κ2) is 7.54. The number of amides is 1. The molecule has 0 saturated carbocycles. The third-order valence-electron chi connectivity index (χ3n) is 1.30. The van der Waals surface area contributed by atoms with Gasteiger partial charge in [-0.25, -0.2) is 4.79 Å². The summed E-state index contributed by atoms with van der Waals surface area (Å²) in [4.78, 5) is 21.6. The van der Waals surface area contributed by atoms with E-state index in [1.54, 1.807) is 0 Å². The van der Waals surface area contributed by atoms with Crippen molar-refractivity contribution in [2.24, 2.45) is 0 Å². The molecule has 1 amide bonds. The van der Waals surface area contributed by atoms with E-state index in [2.05, 4.69) is 14.8 Å². The zero-order chi connectivity index (χ0) is 10.1. The number of esters is 1. The number of carbonyl (C=O) groups is 2. The molecule has 0 aromatic carbocycles. The Labute approximate surface area is 77.4 Å². The normalized spacial score (nSPS) is 9.38. The van der Waals surface area contributed by atoms with Crippen molar-refractivity contribution in [1.29, 1.82) is 0 Å². The first-order valence-electron chi connectivity index (χ1n) is 4.18. The van der Waals surface area contributed by atoms with Gasteiger partial charge in [-0.15, -0.1) is 0 Å². The van der Waals surface area contributed by atoms with Gasteiger partial charge in [-0.3, -0.25) is 10.1 Å². The third-order valence-corrected chi connectivity index (χ3v) is 1.30. The summed E-state index contributed by atoms with van der Waals surface area (Å²) in [7, 11) is 1.43. The average molecular weight is 189 g/mol. The van der Waals surface area contributed by atoms with Crippen LogP contribution in [0.4, 0.5) is 4.79 Å². The minimum absolute atomic E-state index is 0.0416. The number of methoxy groups -OCH3 is 1. The zero-order valence-corrected chi connectivity index (χ0v) is 7.96. The number of carbonyl (C=O) groups excluding carboxylic acids is 2. The fourth-order valence-electron chi connectivity index (χ4n) is 0.643. The highest BCUT2D eigenvalue weighted by Gasteiger charge is 2.07. The van der Waals surface area contributed by atoms with Crippen molar-refractivity contribution in [3.63, 3.8) is 0 Å². The molecular weight excluding hydrogens is 174 g/mol. The molecule has 5 heteroatoms. The maximum atomic E-state index is 10.9. The van der Waals surface area contributed by atoms with Gasteiger partial charge in [0.2, 0.25) is 0 Å². The Balaban J connectivity index is 3.47. The summed E-state index contributed by atoms with van der Waals surface area (Å²) in [5.74, 6) is -0.504. The SMILES string of the molecule is CCCCC(=O)OC(=O)NCOC. The summed E-state index contributed by atoms with van der Waals surface area (Å²) >= 11 is 0. The van der Waals surface area contributed by atoms with Gasteiger partial charge in [0.1, 0.15) is 6.73 Å². The van der Waals surface area contributed by atoms with Crippen LogP contribution in [0.25, 0.3) is 0 Å². The van der Waals surface area contributed by atoms with Gasteiger partial charge < -0.3 is 9.47 Å². The minimum atomic E-state index is -0.761. The number of ether oxygens (including phenoxy) is 2. The Morgan fingerprint density at radius 1 is 1.38 bits per heavy atom. The van der Waals surface area contributed by atoms with E-state index in [-0.39, 0.29) is 13.2 Å². The number of unbranched alkanes of at least 4 members (excludes halogenated alkanes) is 1. The Kier molecular flexibility index (Phi) is 6.91. The Morgan fingerprint density at radius 3 is 2.62 bits per heavy atom. The number of alkyl carbamates (subject to hydrolysis) is 1. The minimum Gasteiger partial charge on any atom is -0.376 e. The first-order chi connectivity index (χ1) is 6.20. The highest BCUT2D eigenvalue weighted by Crippen LogP contribution is 1.96. The van der Waals surface area contributed by atoms with Gasteiger partial charge in [0, 0.05) is 13.5 Å². The van der Waals surface area contributed by atoms with Crippen LogP contribution in [0.5, 0.6) is 0 Å². The molecule has 0 rings (SSSR count). The quantitative estimate of drug-likeness (QED) is 0.398. The van der Waals surface area contributed by atoms with Gasteiger partial charge in [-0.05, 0) is 6.42 Å². The fourth-order valence-corrected chi connectivity index (χ4v) is 0.643. The number of hydrogen-bond acceptors (Lipinski definition) is 4. The van der Waals surface area contributed by atoms with Crippen LogP contribution in [0.2, 0.25) is 0 Å². The van der Waals surface area contributed by atoms with Crippen LogP contribution in [-0.2, 0) is 14.3 Å². The molecule has 1 N–H and O–H groups in total. The molecule has 0 aromatic heterocycles. The molecule has 0 heterocycles. The lowest BCUT2D eigenvalue weighted by atomic mass is 10.3. The molecule has 0 fully saturated rings. The van der Waals surface area contributed by atoms with Gasteiger partial charge in [0.15, 0.2) is 0 Å². The summed E-state index contributed by atoms with van der Waals surface area (Å²) in [5, 5.41) is 2.24. The number of rotatable bonds is 5. The van der Waals surface area contributed by atoms with E-state index >= 15 is 0 Å². The first-order valence-corrected chi connectivity index (χ1v) is 4.18. The van der Waals surface area contributed by atoms with E-state index in [1.165, 1.54) is 7.11 Å². The molecule has 0 radical (unpaired) electrons. The number of hydrogen-bond donors (Lipinski definition) is 1. The van der Waals surface area contributed by atoms with Crippen molar-refractivity contribution in [3.05, 3.63) is 0 Å². The molecule has 5 nitrogen and oxygen atoms in total. The van der Waals surface area contributed by atoms with E-state index in [0.29, 0.717) is 0 Å². The van der Waals surface area contributed by atoms with E-state index in [9.17, 15) is 9.59 Å². The average Bonchev–Trinajstić information content (AvgIpc) is 2.11. The van der Waals surface area contributed by atoms with Gasteiger partial charge in [0.05, 0.1) is 0 Å². The van der Waals surface area contributed by atoms with Crippen molar-refractivity contribution >= 4 is 12.1 Å². The predicted molar refractivity (Wildman–Crippen MR) is 46.0 cm³/mol. The van der Waals surface area contributed by atoms with Crippen molar-refractivity contribution in [2.45, 2.75) is 26.2 Å². The van der Waals surface area contributed by atoms with Crippen molar-refractivity contribution in [3.8, 4) is 0 Å². The van der Waals surface area contributed by atoms with E-state index in [0.717, 1.165) is 12.8 Å². The van der Waals surface area contributed by atoms with Crippen LogP contribution in [0, 0.1) is 0 Å². The molecule has 0 aliphatic heterocycles. The molecule has 0 bridgehead atoms. The monoisotopic (exact) mass is 189 g/mol. The molecule has 76 valence electrons. The lowest BCUT2D eigenvalue weighted by Crippen LogP contribution is -2.28. The summed E-state index contributed by atoms with van der Waals surface area (Å²) in [6.07, 6.45) is 1.14. The van der Waals surface area contributed by atoms with Crippen LogP contribution in [0.3, 0.4) is 0 Å². The molecule has 0 aliphatic rings. The van der Waals surface area contributed by atoms with E-state index in [4.69, 9.17) is 0 Å². The van der Waals surface area contributed by atoms with Crippen molar-refractivity contribution < 1.29 is 19.1 Å². The van der Waals surface area contributed by atoms with Crippen molar-refractivity contribution in [2.75, 3.05) is 13.8 Å². The molecule has 0 saturated heterocycles. The summed E-state index contributed by atoms with van der Waals surface area (Å²) in [6, 6.07) is 0. The maximum Gasteiger partial charge on any atom is 0.416 e. The largest absolute Gasteiger partial charge is 0.416 e. The summed E-state index contributed by atoms with van der Waals surface area (Å²) < 4.78 is 8.94. The highest BCUT2D eigenvalue weighted by molar-refractivity contribution is 5.84. The van der Waals surface area contributed by atoms with Gasteiger partial charge >= 0.3 is 12.1 Å². The number of nitrogens with one attached hydrogen (secondary N) is 1. The maximum absolute atomic E-state index is 10.9. The summed E-state index contributed by atoms with van der Waals surface area (Å²) in [6.45, 7) is 2.00. The lowest BCUT2D eigenvalue weighted by Gasteiger charge is -2.03. The zero-order valence-electron chi connectivity index (χ0n) is 7.96. The van der Waals surface area contributed by atoms with Crippen LogP contribution in [0.15, 0.2) is 0 Å². The second-order valence-electron chi connectivity index (χ2n) is 2.47. The molecule has 0 spiro atoms. The third kappa shape index (κ3) is 7.27. The fraction of sp³-hybridized carbons (Fsp3) is 0.750. The topological polar surface area (TPSA) is 64.6 Å². The molecule has 0 unspecified atom stereocenters. The van der Waals surface area contributed by atoms with Crippen LogP contribution < -0.4 is 5.32 Å².